The number of nitrogens with one attached hydrogen (secondary N) is 4. The molecule has 13 nitrogen and oxygen atoms in total. The first-order valence-electron chi connectivity index (χ1n) is 19.3. The Labute approximate surface area is 311 Å². The number of aromatic nitrogens is 1. The molecule has 4 aliphatic rings. The predicted octanol–water partition coefficient (Wildman–Crippen LogP) is 5.64. The van der Waals surface area contributed by atoms with E-state index in [4.69, 9.17) is 4.74 Å². The van der Waals surface area contributed by atoms with Gasteiger partial charge in [-0.15, -0.1) is 0 Å². The number of likely N-dealkylation sites (tertiary alicyclic amines) is 1. The van der Waals surface area contributed by atoms with Crippen LogP contribution in [0.4, 0.5) is 14.9 Å². The van der Waals surface area contributed by atoms with Crippen LogP contribution < -0.4 is 15.4 Å². The van der Waals surface area contributed by atoms with E-state index in [1.807, 2.05) is 0 Å². The number of rotatable bonds is 10. The molecule has 0 bridgehead atoms. The lowest BCUT2D eigenvalue weighted by atomic mass is 9.76. The molecule has 15 heteroatoms. The number of aromatic amines is 1. The van der Waals surface area contributed by atoms with Crippen LogP contribution in [-0.2, 0) is 24.5 Å². The number of nitrogens with zero attached hydrogens (tertiary/aromatic N) is 2. The van der Waals surface area contributed by atoms with Crippen molar-refractivity contribution >= 4 is 50.6 Å². The van der Waals surface area contributed by atoms with Crippen LogP contribution in [0.5, 0.6) is 0 Å². The molecule has 292 valence electrons. The normalized spacial score (nSPS) is 25.2. The summed E-state index contributed by atoms with van der Waals surface area (Å²) in [6.07, 6.45) is 9.34. The third-order valence-corrected chi connectivity index (χ3v) is 13.1. The zero-order valence-corrected chi connectivity index (χ0v) is 31.9. The van der Waals surface area contributed by atoms with E-state index in [-0.39, 0.29) is 35.3 Å². The van der Waals surface area contributed by atoms with Gasteiger partial charge in [-0.05, 0) is 108 Å². The molecule has 3 atom stereocenters. The summed E-state index contributed by atoms with van der Waals surface area (Å²) in [6.45, 7) is 5.80. The van der Waals surface area contributed by atoms with Gasteiger partial charge in [0.05, 0.1) is 6.04 Å². The molecular formula is C38H55FN6O7S. The average Bonchev–Trinajstić information content (AvgIpc) is 3.90. The second-order valence-electron chi connectivity index (χ2n) is 16.4. The van der Waals surface area contributed by atoms with E-state index in [1.165, 1.54) is 10.7 Å². The molecule has 0 spiro atoms. The van der Waals surface area contributed by atoms with E-state index in [2.05, 4.69) is 20.3 Å². The van der Waals surface area contributed by atoms with Crippen LogP contribution in [0, 0.1) is 23.7 Å². The second kappa shape index (κ2) is 16.3. The van der Waals surface area contributed by atoms with Crippen molar-refractivity contribution in [3.63, 3.8) is 0 Å². The third kappa shape index (κ3) is 9.33. The maximum Gasteiger partial charge on any atom is 0.407 e. The summed E-state index contributed by atoms with van der Waals surface area (Å²) in [5.74, 6) is -1.07. The fraction of sp³-hybridized carbons (Fsp3) is 0.684. The molecule has 0 radical (unpaired) electrons. The number of halogens is 1. The second-order valence-corrected chi connectivity index (χ2v) is 18.0. The molecule has 2 saturated carbocycles. The number of carbonyl (C=O) groups is 4. The van der Waals surface area contributed by atoms with Crippen LogP contribution >= 0.6 is 0 Å². The number of H-pyrrole nitrogens is 1. The highest BCUT2D eigenvalue weighted by Gasteiger charge is 2.47. The average molecular weight is 759 g/mol. The van der Waals surface area contributed by atoms with Gasteiger partial charge in [0.15, 0.2) is 0 Å². The molecular weight excluding hydrogens is 704 g/mol. The lowest BCUT2D eigenvalue weighted by Gasteiger charge is -2.37. The number of ether oxygens (including phenoxy) is 1. The van der Waals surface area contributed by atoms with Crippen molar-refractivity contribution < 1.29 is 36.7 Å². The fourth-order valence-corrected chi connectivity index (χ4v) is 10.1. The van der Waals surface area contributed by atoms with E-state index in [0.29, 0.717) is 67.8 Å². The molecule has 2 aromatic rings. The first kappa shape index (κ1) is 39.0. The van der Waals surface area contributed by atoms with Crippen LogP contribution in [0.1, 0.15) is 108 Å². The van der Waals surface area contributed by atoms with Gasteiger partial charge in [0.25, 0.3) is 5.91 Å². The lowest BCUT2D eigenvalue weighted by Crippen LogP contribution is -2.50. The molecule has 0 unspecified atom stereocenters. The summed E-state index contributed by atoms with van der Waals surface area (Å²) < 4.78 is 48.1. The molecule has 4 amide bonds. The first-order chi connectivity index (χ1) is 25.2. The van der Waals surface area contributed by atoms with Crippen LogP contribution in [0.2, 0.25) is 0 Å². The summed E-state index contributed by atoms with van der Waals surface area (Å²) in [7, 11) is -3.94. The Bertz CT molecular complexity index is 1760. The molecule has 4 fully saturated rings. The van der Waals surface area contributed by atoms with E-state index in [9.17, 15) is 32.0 Å². The Morgan fingerprint density at radius 2 is 1.62 bits per heavy atom. The monoisotopic (exact) mass is 758 g/mol. The number of hydrogen-bond donors (Lipinski definition) is 4. The Morgan fingerprint density at radius 1 is 0.925 bits per heavy atom. The zero-order chi connectivity index (χ0) is 37.9. The Kier molecular flexibility index (Phi) is 12.0. The Balaban J connectivity index is 1.13. The van der Waals surface area contributed by atoms with Gasteiger partial charge in [0, 0.05) is 42.1 Å². The standard InChI is InChI=1S/C38H55FN6O7S/c1-38(2,3)52-37(49)42-32(23-39)25-11-13-26(14-12-25)36(48)45-20-17-29(24-9-5-4-6-10-24)33(45)35(47)40-28-15-16-30-27(21-28)22-31(41-30)34(46)43-53(50,51)44-18-7-8-19-44/h15-16,21-22,24-26,29,32-33,41H,4-14,17-20,23H2,1-3H3,(H,40,47)(H,42,49)(H,43,46)/t25?,26?,29-,32+,33-/m0/s1. The number of amides is 4. The number of hydrogen-bond acceptors (Lipinski definition) is 7. The van der Waals surface area contributed by atoms with Crippen LogP contribution in [0.3, 0.4) is 0 Å². The van der Waals surface area contributed by atoms with E-state index >= 15 is 0 Å². The molecule has 1 aromatic heterocycles. The van der Waals surface area contributed by atoms with Gasteiger partial charge >= 0.3 is 16.3 Å². The van der Waals surface area contributed by atoms with Crippen molar-refractivity contribution in [2.45, 2.75) is 116 Å². The Morgan fingerprint density at radius 3 is 2.28 bits per heavy atom. The molecule has 2 aliphatic carbocycles. The topological polar surface area (TPSA) is 170 Å². The highest BCUT2D eigenvalue weighted by molar-refractivity contribution is 7.87. The Hall–Kier alpha value is -3.72. The zero-order valence-electron chi connectivity index (χ0n) is 31.1. The molecule has 2 saturated heterocycles. The van der Waals surface area contributed by atoms with E-state index in [1.54, 1.807) is 49.9 Å². The largest absolute Gasteiger partial charge is 0.444 e. The quantitative estimate of drug-likeness (QED) is 0.243. The first-order valence-corrected chi connectivity index (χ1v) is 20.8. The minimum Gasteiger partial charge on any atom is -0.444 e. The molecule has 53 heavy (non-hydrogen) atoms. The van der Waals surface area contributed by atoms with Gasteiger partial charge < -0.3 is 25.3 Å². The number of benzene rings is 1. The van der Waals surface area contributed by atoms with E-state index in [0.717, 1.165) is 44.9 Å². The van der Waals surface area contributed by atoms with Crippen LogP contribution in [-0.4, -0.2) is 90.4 Å². The minimum absolute atomic E-state index is 0.0355. The summed E-state index contributed by atoms with van der Waals surface area (Å²) in [5.41, 5.74) is 0.509. The van der Waals surface area contributed by atoms with Crippen LogP contribution in [0.15, 0.2) is 24.3 Å². The van der Waals surface area contributed by atoms with Crippen molar-refractivity contribution in [1.82, 2.24) is 24.2 Å². The summed E-state index contributed by atoms with van der Waals surface area (Å²) >= 11 is 0. The highest BCUT2D eigenvalue weighted by Crippen LogP contribution is 2.41. The molecule has 3 heterocycles. The highest BCUT2D eigenvalue weighted by atomic mass is 32.2. The summed E-state index contributed by atoms with van der Waals surface area (Å²) in [5, 5.41) is 6.38. The van der Waals surface area contributed by atoms with Crippen molar-refractivity contribution in [3.8, 4) is 0 Å². The number of alkyl carbamates (subject to hydrolysis) is 1. The lowest BCUT2D eigenvalue weighted by molar-refractivity contribution is -0.142. The van der Waals surface area contributed by atoms with Gasteiger partial charge in [-0.1, -0.05) is 32.1 Å². The van der Waals surface area contributed by atoms with Crippen molar-refractivity contribution in [1.29, 1.82) is 0 Å². The smallest absolute Gasteiger partial charge is 0.407 e. The maximum absolute atomic E-state index is 14.2. The molecule has 4 N–H and O–H groups in total. The number of alkyl halides is 1. The van der Waals surface area contributed by atoms with Crippen molar-refractivity contribution in [3.05, 3.63) is 30.0 Å². The van der Waals surface area contributed by atoms with Crippen LogP contribution in [0.25, 0.3) is 10.9 Å². The van der Waals surface area contributed by atoms with Gasteiger partial charge in [-0.25, -0.2) is 13.9 Å². The maximum atomic E-state index is 14.2. The third-order valence-electron chi connectivity index (χ3n) is 11.6. The number of carbonyl (C=O) groups excluding carboxylic acids is 4. The van der Waals surface area contributed by atoms with Gasteiger partial charge in [-0.2, -0.15) is 12.7 Å². The van der Waals surface area contributed by atoms with Crippen molar-refractivity contribution in [2.75, 3.05) is 31.6 Å². The SMILES string of the molecule is CC(C)(C)OC(=O)N[C@H](CF)C1CCC(C(=O)N2CC[C@@H](C3CCCCC3)[C@H]2C(=O)Nc2ccc3[nH]c(C(=O)NS(=O)(=O)N4CCCC4)cc3c2)CC1. The minimum atomic E-state index is -3.94. The fourth-order valence-electron chi connectivity index (χ4n) is 8.91. The summed E-state index contributed by atoms with van der Waals surface area (Å²) in [6, 6.07) is 5.43. The van der Waals surface area contributed by atoms with Gasteiger partial charge in [0.1, 0.15) is 24.0 Å². The molecule has 2 aliphatic heterocycles. The molecule has 1 aromatic carbocycles. The van der Waals surface area contributed by atoms with Crippen molar-refractivity contribution in [2.24, 2.45) is 23.7 Å². The number of fused-ring (bicyclic) bond motifs is 1. The van der Waals surface area contributed by atoms with E-state index < -0.39 is 46.6 Å². The summed E-state index contributed by atoms with van der Waals surface area (Å²) in [4.78, 5) is 58.4. The van der Waals surface area contributed by atoms with Gasteiger partial charge in [0.2, 0.25) is 11.8 Å². The van der Waals surface area contributed by atoms with Gasteiger partial charge in [-0.3, -0.25) is 14.4 Å². The predicted molar refractivity (Wildman–Crippen MR) is 199 cm³/mol. The molecule has 6 rings (SSSR count). The number of anilines is 1.